The molecule has 0 heterocycles. The van der Waals surface area contributed by atoms with E-state index in [-0.39, 0.29) is 5.75 Å². The van der Waals surface area contributed by atoms with Gasteiger partial charge in [0, 0.05) is 4.53 Å². The van der Waals surface area contributed by atoms with Crippen molar-refractivity contribution < 1.29 is 14.2 Å². The van der Waals surface area contributed by atoms with Gasteiger partial charge in [0.15, 0.2) is 5.75 Å². The Kier molecular flexibility index (Phi) is 5.89. The summed E-state index contributed by atoms with van der Waals surface area (Å²) in [6.45, 7) is 9.48. The molecule has 0 spiro atoms. The van der Waals surface area contributed by atoms with E-state index in [0.29, 0.717) is 0 Å². The minimum Gasteiger partial charge on any atom is -0.466 e. The molecule has 0 aliphatic heterocycles. The lowest BCUT2D eigenvalue weighted by Crippen LogP contribution is -1.82. The Bertz CT molecular complexity index is 503. The average Bonchev–Trinajstić information content (AvgIpc) is 2.51. The van der Waals surface area contributed by atoms with E-state index < -0.39 is 0 Å². The van der Waals surface area contributed by atoms with Crippen molar-refractivity contribution >= 4 is 0 Å². The summed E-state index contributed by atoms with van der Waals surface area (Å²) in [7, 11) is 0. The Hall–Kier alpha value is -2.55. The molecule has 0 atom stereocenters. The highest BCUT2D eigenvalue weighted by Gasteiger charge is 1.99. The fraction of sp³-hybridized carbons (Fsp3) is 0. The van der Waals surface area contributed by atoms with Crippen LogP contribution in [0.2, 0.25) is 0 Å². The zero-order chi connectivity index (χ0) is 14.1. The van der Waals surface area contributed by atoms with Crippen LogP contribution in [0.15, 0.2) is 74.5 Å². The van der Waals surface area contributed by atoms with E-state index in [2.05, 4.69) is 24.7 Å². The zero-order valence-electron chi connectivity index (χ0n) is 10.5. The molecule has 19 heavy (non-hydrogen) atoms. The van der Waals surface area contributed by atoms with Gasteiger partial charge in [-0.25, -0.2) is 0 Å². The van der Waals surface area contributed by atoms with E-state index in [0.717, 1.165) is 16.9 Å². The van der Waals surface area contributed by atoms with E-state index >= 15 is 0 Å². The standard InChI is InChI=1S/C14H11FO2.C2H4/c1-2-16-13-7-3-11(4-8-13)12-5-9-14(17-15)10-6-12;1-2/h2-10H,1H2;1-2H2. The molecule has 2 aromatic rings. The third-order valence-corrected chi connectivity index (χ3v) is 2.35. The number of benzene rings is 2. The Morgan fingerprint density at radius 1 is 0.789 bits per heavy atom. The van der Waals surface area contributed by atoms with Gasteiger partial charge < -0.3 is 4.74 Å². The van der Waals surface area contributed by atoms with Crippen LogP contribution in [0, 0.1) is 0 Å². The van der Waals surface area contributed by atoms with Gasteiger partial charge in [-0.3, -0.25) is 4.94 Å². The smallest absolute Gasteiger partial charge is 0.171 e. The second-order valence-electron chi connectivity index (χ2n) is 3.41. The third kappa shape index (κ3) is 4.00. The number of hydrogen-bond donors (Lipinski definition) is 0. The Labute approximate surface area is 112 Å². The van der Waals surface area contributed by atoms with Crippen molar-refractivity contribution in [2.45, 2.75) is 0 Å². The van der Waals surface area contributed by atoms with Crippen LogP contribution in [-0.2, 0) is 0 Å². The topological polar surface area (TPSA) is 18.5 Å². The van der Waals surface area contributed by atoms with Crippen LogP contribution in [0.5, 0.6) is 11.5 Å². The molecule has 2 rings (SSSR count). The second-order valence-corrected chi connectivity index (χ2v) is 3.41. The SMILES string of the molecule is C=C.C=COc1ccc(-c2ccc(OF)cc2)cc1. The maximum absolute atomic E-state index is 11.9. The maximum Gasteiger partial charge on any atom is 0.171 e. The molecule has 0 aliphatic rings. The van der Waals surface area contributed by atoms with Crippen molar-refractivity contribution in [2.75, 3.05) is 0 Å². The van der Waals surface area contributed by atoms with Crippen molar-refractivity contribution in [3.63, 3.8) is 0 Å². The molecule has 0 bridgehead atoms. The number of halogens is 1. The summed E-state index contributed by atoms with van der Waals surface area (Å²) in [5.41, 5.74) is 2.00. The van der Waals surface area contributed by atoms with E-state index in [1.54, 1.807) is 24.3 Å². The minimum atomic E-state index is 0.195. The minimum absolute atomic E-state index is 0.195. The van der Waals surface area contributed by atoms with E-state index in [4.69, 9.17) is 4.74 Å². The van der Waals surface area contributed by atoms with Crippen LogP contribution < -0.4 is 9.68 Å². The summed E-state index contributed by atoms with van der Waals surface area (Å²) in [6, 6.07) is 14.3. The van der Waals surface area contributed by atoms with Gasteiger partial charge in [-0.15, -0.1) is 13.2 Å². The van der Waals surface area contributed by atoms with E-state index in [1.807, 2.05) is 24.3 Å². The molecular formula is C16H15FO2. The summed E-state index contributed by atoms with van der Waals surface area (Å²) < 4.78 is 17.0. The highest BCUT2D eigenvalue weighted by molar-refractivity contribution is 5.64. The molecule has 98 valence electrons. The monoisotopic (exact) mass is 258 g/mol. The van der Waals surface area contributed by atoms with Gasteiger partial charge in [-0.05, 0) is 35.4 Å². The predicted octanol–water partition coefficient (Wildman–Crippen LogP) is 4.94. The van der Waals surface area contributed by atoms with Gasteiger partial charge in [0.05, 0.1) is 6.26 Å². The summed E-state index contributed by atoms with van der Waals surface area (Å²) in [5.74, 6) is 0.924. The summed E-state index contributed by atoms with van der Waals surface area (Å²) in [6.07, 6.45) is 1.38. The Morgan fingerprint density at radius 2 is 1.21 bits per heavy atom. The van der Waals surface area contributed by atoms with Gasteiger partial charge in [0.2, 0.25) is 0 Å². The van der Waals surface area contributed by atoms with Crippen LogP contribution in [0.4, 0.5) is 4.53 Å². The first-order chi connectivity index (χ1) is 9.33. The Morgan fingerprint density at radius 3 is 1.58 bits per heavy atom. The molecule has 3 heteroatoms. The Balaban J connectivity index is 0.000000861. The van der Waals surface area contributed by atoms with E-state index in [9.17, 15) is 4.53 Å². The van der Waals surface area contributed by atoms with Gasteiger partial charge in [-0.2, -0.15) is 0 Å². The molecule has 0 amide bonds. The normalized spacial score (nSPS) is 8.89. The fourth-order valence-electron chi connectivity index (χ4n) is 1.52. The first kappa shape index (κ1) is 14.5. The van der Waals surface area contributed by atoms with E-state index in [1.165, 1.54) is 6.26 Å². The van der Waals surface area contributed by atoms with Crippen LogP contribution in [0.1, 0.15) is 0 Å². The van der Waals surface area contributed by atoms with Crippen molar-refractivity contribution in [3.8, 4) is 22.6 Å². The van der Waals surface area contributed by atoms with Crippen LogP contribution in [0.25, 0.3) is 11.1 Å². The van der Waals surface area contributed by atoms with Crippen LogP contribution >= 0.6 is 0 Å². The van der Waals surface area contributed by atoms with Gasteiger partial charge >= 0.3 is 0 Å². The molecule has 0 aliphatic carbocycles. The van der Waals surface area contributed by atoms with Crippen LogP contribution in [-0.4, -0.2) is 0 Å². The number of ether oxygens (including phenoxy) is 1. The predicted molar refractivity (Wildman–Crippen MR) is 75.7 cm³/mol. The van der Waals surface area contributed by atoms with Crippen molar-refractivity contribution in [2.24, 2.45) is 0 Å². The summed E-state index contributed by atoms with van der Waals surface area (Å²) in [5, 5.41) is 0. The largest absolute Gasteiger partial charge is 0.466 e. The lowest BCUT2D eigenvalue weighted by Gasteiger charge is -2.04. The first-order valence-corrected chi connectivity index (χ1v) is 5.60. The molecule has 0 aromatic heterocycles. The molecule has 0 unspecified atom stereocenters. The van der Waals surface area contributed by atoms with Crippen LogP contribution in [0.3, 0.4) is 0 Å². The zero-order valence-corrected chi connectivity index (χ0v) is 10.5. The third-order valence-electron chi connectivity index (χ3n) is 2.35. The number of hydrogen-bond acceptors (Lipinski definition) is 2. The molecular weight excluding hydrogens is 243 g/mol. The summed E-state index contributed by atoms with van der Waals surface area (Å²) >= 11 is 0. The lowest BCUT2D eigenvalue weighted by molar-refractivity contribution is -0.00618. The average molecular weight is 258 g/mol. The second kappa shape index (κ2) is 7.71. The first-order valence-electron chi connectivity index (χ1n) is 5.60. The highest BCUT2D eigenvalue weighted by Crippen LogP contribution is 2.24. The molecule has 0 saturated carbocycles. The maximum atomic E-state index is 11.9. The fourth-order valence-corrected chi connectivity index (χ4v) is 1.52. The van der Waals surface area contributed by atoms with Gasteiger partial charge in [0.1, 0.15) is 5.75 Å². The van der Waals surface area contributed by atoms with Crippen molar-refractivity contribution in [1.82, 2.24) is 0 Å². The molecule has 0 N–H and O–H groups in total. The lowest BCUT2D eigenvalue weighted by atomic mass is 10.1. The van der Waals surface area contributed by atoms with Crippen molar-refractivity contribution in [3.05, 3.63) is 74.5 Å². The van der Waals surface area contributed by atoms with Crippen molar-refractivity contribution in [1.29, 1.82) is 0 Å². The molecule has 0 saturated heterocycles. The van der Waals surface area contributed by atoms with Gasteiger partial charge in [0.25, 0.3) is 0 Å². The number of rotatable bonds is 4. The summed E-state index contributed by atoms with van der Waals surface area (Å²) in [4.78, 5) is 3.63. The molecule has 2 aromatic carbocycles. The highest BCUT2D eigenvalue weighted by atomic mass is 19.3. The van der Waals surface area contributed by atoms with Gasteiger partial charge in [-0.1, -0.05) is 30.8 Å². The molecule has 2 nitrogen and oxygen atoms in total. The molecule has 0 fully saturated rings. The molecule has 0 radical (unpaired) electrons. The quantitative estimate of drug-likeness (QED) is 0.571.